The number of carbonyl (C=O) groups is 1. The van der Waals surface area contributed by atoms with Gasteiger partial charge in [0.2, 0.25) is 5.91 Å². The largest absolute Gasteiger partial charge is 0.353 e. The van der Waals surface area contributed by atoms with Gasteiger partial charge in [0.05, 0.1) is 0 Å². The Morgan fingerprint density at radius 3 is 2.58 bits per heavy atom. The van der Waals surface area contributed by atoms with Gasteiger partial charge in [-0.25, -0.2) is 0 Å². The highest BCUT2D eigenvalue weighted by Gasteiger charge is 2.33. The summed E-state index contributed by atoms with van der Waals surface area (Å²) >= 11 is 1.87. The molecule has 1 aliphatic carbocycles. The summed E-state index contributed by atoms with van der Waals surface area (Å²) in [6.45, 7) is 0.730. The zero-order valence-corrected chi connectivity index (χ0v) is 12.2. The fourth-order valence-corrected chi connectivity index (χ4v) is 3.56. The molecule has 3 N–H and O–H groups in total. The summed E-state index contributed by atoms with van der Waals surface area (Å²) in [4.78, 5) is 12.1. The smallest absolute Gasteiger partial charge is 0.241 e. The van der Waals surface area contributed by atoms with E-state index in [1.807, 2.05) is 42.1 Å². The van der Waals surface area contributed by atoms with Crippen molar-refractivity contribution in [3.8, 4) is 0 Å². The molecule has 1 saturated carbocycles. The van der Waals surface area contributed by atoms with Gasteiger partial charge in [-0.05, 0) is 24.7 Å². The van der Waals surface area contributed by atoms with E-state index in [1.165, 1.54) is 25.7 Å². The van der Waals surface area contributed by atoms with Crippen molar-refractivity contribution in [2.45, 2.75) is 36.5 Å². The van der Waals surface area contributed by atoms with Crippen molar-refractivity contribution < 1.29 is 4.79 Å². The average Bonchev–Trinajstić information content (AvgIpc) is 2.94. The maximum Gasteiger partial charge on any atom is 0.241 e. The van der Waals surface area contributed by atoms with Gasteiger partial charge in [0.1, 0.15) is 6.04 Å². The van der Waals surface area contributed by atoms with Gasteiger partial charge in [-0.3, -0.25) is 4.79 Å². The molecule has 1 amide bonds. The van der Waals surface area contributed by atoms with E-state index in [1.54, 1.807) is 0 Å². The number of benzene rings is 1. The van der Waals surface area contributed by atoms with Crippen LogP contribution in [0.15, 0.2) is 30.3 Å². The van der Waals surface area contributed by atoms with Crippen LogP contribution in [0.5, 0.6) is 0 Å². The molecule has 4 heteroatoms. The molecule has 0 spiro atoms. The van der Waals surface area contributed by atoms with Crippen molar-refractivity contribution in [2.24, 2.45) is 5.73 Å². The van der Waals surface area contributed by atoms with Gasteiger partial charge in [0.25, 0.3) is 0 Å². The second kappa shape index (κ2) is 6.44. The molecule has 1 aliphatic rings. The van der Waals surface area contributed by atoms with Crippen LogP contribution in [-0.4, -0.2) is 23.5 Å². The van der Waals surface area contributed by atoms with Crippen LogP contribution in [0.4, 0.5) is 0 Å². The van der Waals surface area contributed by atoms with Crippen molar-refractivity contribution in [1.29, 1.82) is 0 Å². The normalized spacial score (nSPS) is 19.1. The zero-order valence-electron chi connectivity index (χ0n) is 11.4. The maximum absolute atomic E-state index is 12.1. The van der Waals surface area contributed by atoms with Crippen LogP contribution in [0.3, 0.4) is 0 Å². The van der Waals surface area contributed by atoms with Gasteiger partial charge in [-0.2, -0.15) is 11.8 Å². The second-order valence-corrected chi connectivity index (χ2v) is 6.47. The second-order valence-electron chi connectivity index (χ2n) is 5.20. The van der Waals surface area contributed by atoms with Gasteiger partial charge in [0.15, 0.2) is 0 Å². The lowest BCUT2D eigenvalue weighted by molar-refractivity contribution is -0.122. The molecule has 0 saturated heterocycles. The van der Waals surface area contributed by atoms with Crippen LogP contribution >= 0.6 is 11.8 Å². The summed E-state index contributed by atoms with van der Waals surface area (Å²) in [6, 6.07) is 8.96. The molecule has 0 unspecified atom stereocenters. The van der Waals surface area contributed by atoms with Crippen molar-refractivity contribution in [3.63, 3.8) is 0 Å². The Hall–Kier alpha value is -1.00. The monoisotopic (exact) mass is 278 g/mol. The van der Waals surface area contributed by atoms with Gasteiger partial charge in [-0.1, -0.05) is 43.2 Å². The molecule has 1 fully saturated rings. The number of amides is 1. The van der Waals surface area contributed by atoms with E-state index >= 15 is 0 Å². The number of carbonyl (C=O) groups excluding carboxylic acids is 1. The van der Waals surface area contributed by atoms with Crippen molar-refractivity contribution in [3.05, 3.63) is 35.9 Å². The minimum Gasteiger partial charge on any atom is -0.353 e. The molecule has 0 aliphatic heterocycles. The fourth-order valence-electron chi connectivity index (χ4n) is 2.64. The maximum atomic E-state index is 12.1. The van der Waals surface area contributed by atoms with E-state index in [0.717, 1.165) is 12.1 Å². The van der Waals surface area contributed by atoms with Crippen LogP contribution in [0, 0.1) is 0 Å². The van der Waals surface area contributed by atoms with Crippen molar-refractivity contribution in [2.75, 3.05) is 12.8 Å². The first-order valence-corrected chi connectivity index (χ1v) is 8.03. The number of nitrogens with one attached hydrogen (secondary N) is 1. The molecule has 3 nitrogen and oxygen atoms in total. The summed E-state index contributed by atoms with van der Waals surface area (Å²) in [7, 11) is 0. The SMILES string of the molecule is CSC1(CNC(=O)[C@H](N)c2ccccc2)CCCC1. The lowest BCUT2D eigenvalue weighted by Crippen LogP contribution is -2.42. The Labute approximate surface area is 119 Å². The first-order chi connectivity index (χ1) is 9.17. The summed E-state index contributed by atoms with van der Waals surface area (Å²) in [5.74, 6) is -0.0773. The third kappa shape index (κ3) is 3.51. The Balaban J connectivity index is 1.91. The van der Waals surface area contributed by atoms with Crippen LogP contribution in [0.25, 0.3) is 0 Å². The highest BCUT2D eigenvalue weighted by Crippen LogP contribution is 2.39. The molecule has 0 radical (unpaired) electrons. The predicted molar refractivity (Wildman–Crippen MR) is 81.1 cm³/mol. The van der Waals surface area contributed by atoms with Crippen LogP contribution in [-0.2, 0) is 4.79 Å². The number of rotatable bonds is 5. The highest BCUT2D eigenvalue weighted by molar-refractivity contribution is 8.00. The summed E-state index contributed by atoms with van der Waals surface area (Å²) in [5.41, 5.74) is 6.85. The predicted octanol–water partition coefficient (Wildman–Crippen LogP) is 2.48. The molecule has 2 rings (SSSR count). The van der Waals surface area contributed by atoms with Crippen LogP contribution in [0.1, 0.15) is 37.3 Å². The third-order valence-corrected chi connectivity index (χ3v) is 5.39. The number of thioether (sulfide) groups is 1. The van der Waals surface area contributed by atoms with Gasteiger partial charge in [0, 0.05) is 11.3 Å². The molecule has 1 aromatic rings. The first-order valence-electron chi connectivity index (χ1n) is 6.80. The van der Waals surface area contributed by atoms with Crippen LogP contribution in [0.2, 0.25) is 0 Å². The Morgan fingerprint density at radius 2 is 2.00 bits per heavy atom. The third-order valence-electron chi connectivity index (χ3n) is 3.97. The molecule has 104 valence electrons. The van der Waals surface area contributed by atoms with E-state index in [4.69, 9.17) is 5.73 Å². The standard InChI is InChI=1S/C15H22N2OS/c1-19-15(9-5-6-10-15)11-17-14(18)13(16)12-7-3-2-4-8-12/h2-4,7-8,13H,5-6,9-11,16H2,1H3,(H,17,18)/t13-/m1/s1. The van der Waals surface area contributed by atoms with Gasteiger partial charge >= 0.3 is 0 Å². The van der Waals surface area contributed by atoms with Crippen LogP contribution < -0.4 is 11.1 Å². The highest BCUT2D eigenvalue weighted by atomic mass is 32.2. The average molecular weight is 278 g/mol. The lowest BCUT2D eigenvalue weighted by atomic mass is 10.1. The van der Waals surface area contributed by atoms with Crippen molar-refractivity contribution in [1.82, 2.24) is 5.32 Å². The van der Waals surface area contributed by atoms with E-state index in [0.29, 0.717) is 0 Å². The molecule has 19 heavy (non-hydrogen) atoms. The first kappa shape index (κ1) is 14.4. The molecule has 1 atom stereocenters. The van der Waals surface area contributed by atoms with Gasteiger partial charge < -0.3 is 11.1 Å². The number of hydrogen-bond acceptors (Lipinski definition) is 3. The molecular weight excluding hydrogens is 256 g/mol. The van der Waals surface area contributed by atoms with E-state index in [-0.39, 0.29) is 10.7 Å². The Kier molecular flexibility index (Phi) is 4.88. The van der Waals surface area contributed by atoms with E-state index in [9.17, 15) is 4.79 Å². The minimum absolute atomic E-state index is 0.0773. The number of nitrogens with two attached hydrogens (primary N) is 1. The molecule has 0 bridgehead atoms. The zero-order chi connectivity index (χ0) is 13.7. The Bertz CT molecular complexity index is 415. The summed E-state index contributed by atoms with van der Waals surface area (Å²) in [6.07, 6.45) is 7.04. The number of hydrogen-bond donors (Lipinski definition) is 2. The topological polar surface area (TPSA) is 55.1 Å². The minimum atomic E-state index is -0.568. The molecule has 0 heterocycles. The van der Waals surface area contributed by atoms with E-state index in [2.05, 4.69) is 11.6 Å². The summed E-state index contributed by atoms with van der Waals surface area (Å²) in [5, 5.41) is 3.03. The van der Waals surface area contributed by atoms with Gasteiger partial charge in [-0.15, -0.1) is 0 Å². The lowest BCUT2D eigenvalue weighted by Gasteiger charge is -2.27. The molecule has 1 aromatic carbocycles. The molecule has 0 aromatic heterocycles. The van der Waals surface area contributed by atoms with Crippen molar-refractivity contribution >= 4 is 17.7 Å². The Morgan fingerprint density at radius 1 is 1.37 bits per heavy atom. The fraction of sp³-hybridized carbons (Fsp3) is 0.533. The van der Waals surface area contributed by atoms with E-state index < -0.39 is 6.04 Å². The summed E-state index contributed by atoms with van der Waals surface area (Å²) < 4.78 is 0.228. The quantitative estimate of drug-likeness (QED) is 0.870. The molecular formula is C15H22N2OS.